The first kappa shape index (κ1) is 8.52. The molecule has 0 saturated carbocycles. The van der Waals surface area contributed by atoms with Crippen molar-refractivity contribution in [3.05, 3.63) is 24.5 Å². The van der Waals surface area contributed by atoms with Crippen LogP contribution in [0.5, 0.6) is 0 Å². The molecule has 0 aliphatic heterocycles. The number of hydrogen-bond acceptors (Lipinski definition) is 4. The van der Waals surface area contributed by atoms with Crippen LogP contribution in [0.1, 0.15) is 0 Å². The molecule has 0 unspecified atom stereocenters. The molecule has 3 nitrogen and oxygen atoms in total. The van der Waals surface area contributed by atoms with Crippen LogP contribution in [0.2, 0.25) is 0 Å². The highest BCUT2D eigenvalue weighted by Crippen LogP contribution is 2.14. The first-order valence-electron chi connectivity index (χ1n) is 3.28. The second-order valence-corrected chi connectivity index (χ2v) is 3.07. The summed E-state index contributed by atoms with van der Waals surface area (Å²) in [7, 11) is 0. The van der Waals surface area contributed by atoms with Gasteiger partial charge in [-0.05, 0) is 12.1 Å². The van der Waals surface area contributed by atoms with Gasteiger partial charge in [0.1, 0.15) is 0 Å². The van der Waals surface area contributed by atoms with Crippen molar-refractivity contribution >= 4 is 11.8 Å². The maximum absolute atomic E-state index is 4.87. The fourth-order valence-corrected chi connectivity index (χ4v) is 1.37. The van der Waals surface area contributed by atoms with Crippen LogP contribution < -0.4 is 5.90 Å². The Kier molecular flexibility index (Phi) is 3.96. The third-order valence-electron chi connectivity index (χ3n) is 1.12. The predicted molar refractivity (Wildman–Crippen MR) is 45.1 cm³/mol. The van der Waals surface area contributed by atoms with Crippen molar-refractivity contribution in [2.75, 3.05) is 12.4 Å². The first-order valence-corrected chi connectivity index (χ1v) is 4.26. The van der Waals surface area contributed by atoms with E-state index in [1.54, 1.807) is 24.2 Å². The van der Waals surface area contributed by atoms with Crippen LogP contribution in [0, 0.1) is 0 Å². The smallest absolute Gasteiger partial charge is 0.0773 e. The van der Waals surface area contributed by atoms with Gasteiger partial charge in [-0.2, -0.15) is 0 Å². The average Bonchev–Trinajstić information content (AvgIpc) is 2.07. The number of nitrogens with two attached hydrogens (primary N) is 1. The standard InChI is InChI=1S/C7H10N2OS/c8-10-5-6-11-7-1-3-9-4-2-7/h1-4H,5-6,8H2. The SMILES string of the molecule is NOCCSc1ccncc1. The van der Waals surface area contributed by atoms with Crippen LogP contribution in [0.4, 0.5) is 0 Å². The lowest BCUT2D eigenvalue weighted by Crippen LogP contribution is -2.02. The van der Waals surface area contributed by atoms with Crippen LogP contribution in [-0.2, 0) is 4.84 Å². The Morgan fingerprint density at radius 3 is 2.82 bits per heavy atom. The summed E-state index contributed by atoms with van der Waals surface area (Å²) in [6, 6.07) is 3.92. The van der Waals surface area contributed by atoms with Gasteiger partial charge in [-0.25, -0.2) is 5.90 Å². The molecular formula is C7H10N2OS. The van der Waals surface area contributed by atoms with Gasteiger partial charge in [-0.1, -0.05) is 0 Å². The fraction of sp³-hybridized carbons (Fsp3) is 0.286. The van der Waals surface area contributed by atoms with Crippen molar-refractivity contribution in [3.63, 3.8) is 0 Å². The molecule has 0 spiro atoms. The molecule has 11 heavy (non-hydrogen) atoms. The highest BCUT2D eigenvalue weighted by Gasteiger charge is 1.90. The number of thioether (sulfide) groups is 1. The monoisotopic (exact) mass is 170 g/mol. The second-order valence-electron chi connectivity index (χ2n) is 1.90. The third-order valence-corrected chi connectivity index (χ3v) is 2.10. The molecule has 0 amide bonds. The van der Waals surface area contributed by atoms with Crippen LogP contribution >= 0.6 is 11.8 Å². The lowest BCUT2D eigenvalue weighted by molar-refractivity contribution is 0.155. The highest BCUT2D eigenvalue weighted by atomic mass is 32.2. The topological polar surface area (TPSA) is 48.1 Å². The zero-order chi connectivity index (χ0) is 7.94. The Balaban J connectivity index is 2.28. The largest absolute Gasteiger partial charge is 0.304 e. The molecule has 1 aromatic rings. The van der Waals surface area contributed by atoms with E-state index in [2.05, 4.69) is 9.82 Å². The van der Waals surface area contributed by atoms with Crippen LogP contribution in [0.15, 0.2) is 29.4 Å². The van der Waals surface area contributed by atoms with Crippen molar-refractivity contribution in [1.82, 2.24) is 4.98 Å². The summed E-state index contributed by atoms with van der Waals surface area (Å²) in [5.74, 6) is 5.74. The molecule has 1 aromatic heterocycles. The van der Waals surface area contributed by atoms with Gasteiger partial charge in [0, 0.05) is 23.0 Å². The summed E-state index contributed by atoms with van der Waals surface area (Å²) in [5.41, 5.74) is 0. The highest BCUT2D eigenvalue weighted by molar-refractivity contribution is 7.99. The van der Waals surface area contributed by atoms with Gasteiger partial charge in [0.15, 0.2) is 0 Å². The molecule has 0 saturated heterocycles. The molecule has 2 N–H and O–H groups in total. The van der Waals surface area contributed by atoms with E-state index >= 15 is 0 Å². The van der Waals surface area contributed by atoms with Gasteiger partial charge in [0.25, 0.3) is 0 Å². The molecule has 0 atom stereocenters. The maximum Gasteiger partial charge on any atom is 0.0773 e. The molecule has 60 valence electrons. The average molecular weight is 170 g/mol. The van der Waals surface area contributed by atoms with E-state index in [1.165, 1.54) is 4.90 Å². The lowest BCUT2D eigenvalue weighted by atomic mass is 10.5. The molecule has 0 aliphatic carbocycles. The molecule has 0 aliphatic rings. The van der Waals surface area contributed by atoms with Gasteiger partial charge in [0.05, 0.1) is 6.61 Å². The fourth-order valence-electron chi connectivity index (χ4n) is 0.642. The zero-order valence-corrected chi connectivity index (χ0v) is 6.88. The van der Waals surface area contributed by atoms with Crippen molar-refractivity contribution in [2.45, 2.75) is 4.90 Å². The van der Waals surface area contributed by atoms with Crippen molar-refractivity contribution < 1.29 is 4.84 Å². The van der Waals surface area contributed by atoms with Gasteiger partial charge in [0.2, 0.25) is 0 Å². The van der Waals surface area contributed by atoms with Crippen LogP contribution in [-0.4, -0.2) is 17.3 Å². The van der Waals surface area contributed by atoms with E-state index in [-0.39, 0.29) is 0 Å². The van der Waals surface area contributed by atoms with Gasteiger partial charge < -0.3 is 4.84 Å². The van der Waals surface area contributed by atoms with Crippen LogP contribution in [0.25, 0.3) is 0 Å². The lowest BCUT2D eigenvalue weighted by Gasteiger charge is -1.97. The molecular weight excluding hydrogens is 160 g/mol. The van der Waals surface area contributed by atoms with E-state index in [0.29, 0.717) is 6.61 Å². The Labute approximate surface area is 69.9 Å². The second kappa shape index (κ2) is 5.12. The molecule has 4 heteroatoms. The normalized spacial score (nSPS) is 9.91. The molecule has 0 aromatic carbocycles. The molecule has 0 radical (unpaired) electrons. The minimum Gasteiger partial charge on any atom is -0.304 e. The van der Waals surface area contributed by atoms with E-state index in [9.17, 15) is 0 Å². The Bertz CT molecular complexity index is 193. The summed E-state index contributed by atoms with van der Waals surface area (Å²) < 4.78 is 0. The van der Waals surface area contributed by atoms with Crippen molar-refractivity contribution in [3.8, 4) is 0 Å². The first-order chi connectivity index (χ1) is 5.43. The Hall–Kier alpha value is -0.580. The summed E-state index contributed by atoms with van der Waals surface area (Å²) in [6.45, 7) is 0.576. The minimum absolute atomic E-state index is 0.576. The maximum atomic E-state index is 4.87. The summed E-state index contributed by atoms with van der Waals surface area (Å²) >= 11 is 1.70. The van der Waals surface area contributed by atoms with Crippen molar-refractivity contribution in [1.29, 1.82) is 0 Å². The van der Waals surface area contributed by atoms with E-state index in [4.69, 9.17) is 5.90 Å². The number of rotatable bonds is 4. The van der Waals surface area contributed by atoms with Crippen molar-refractivity contribution in [2.24, 2.45) is 5.90 Å². The number of pyridine rings is 1. The summed E-state index contributed by atoms with van der Waals surface area (Å²) in [4.78, 5) is 9.52. The van der Waals surface area contributed by atoms with E-state index < -0.39 is 0 Å². The number of nitrogens with zero attached hydrogens (tertiary/aromatic N) is 1. The van der Waals surface area contributed by atoms with Gasteiger partial charge in [-0.15, -0.1) is 11.8 Å². The van der Waals surface area contributed by atoms with Gasteiger partial charge in [-0.3, -0.25) is 4.98 Å². The minimum atomic E-state index is 0.576. The van der Waals surface area contributed by atoms with Gasteiger partial charge >= 0.3 is 0 Å². The molecule has 1 rings (SSSR count). The molecule has 1 heterocycles. The number of hydrogen-bond donors (Lipinski definition) is 1. The van der Waals surface area contributed by atoms with E-state index in [1.807, 2.05) is 12.1 Å². The Morgan fingerprint density at radius 1 is 1.45 bits per heavy atom. The third kappa shape index (κ3) is 3.36. The van der Waals surface area contributed by atoms with E-state index in [0.717, 1.165) is 5.75 Å². The summed E-state index contributed by atoms with van der Waals surface area (Å²) in [6.07, 6.45) is 3.54. The predicted octanol–water partition coefficient (Wildman–Crippen LogP) is 1.06. The van der Waals surface area contributed by atoms with Crippen LogP contribution in [0.3, 0.4) is 0 Å². The molecule has 0 bridgehead atoms. The molecule has 0 fully saturated rings. The zero-order valence-electron chi connectivity index (χ0n) is 6.06. The number of aromatic nitrogens is 1. The Morgan fingerprint density at radius 2 is 2.18 bits per heavy atom. The quantitative estimate of drug-likeness (QED) is 0.417. The summed E-state index contributed by atoms with van der Waals surface area (Å²) in [5, 5.41) is 0.